The first-order valence-corrected chi connectivity index (χ1v) is 16.8. The van der Waals surface area contributed by atoms with E-state index in [2.05, 4.69) is 36.1 Å². The molecule has 2 aromatic heterocycles. The number of anilines is 1. The van der Waals surface area contributed by atoms with Crippen molar-refractivity contribution >= 4 is 51.7 Å². The Labute approximate surface area is 259 Å². The lowest BCUT2D eigenvalue weighted by atomic mass is 9.99. The summed E-state index contributed by atoms with van der Waals surface area (Å²) in [6.45, 7) is 6.27. The highest BCUT2D eigenvalue weighted by molar-refractivity contribution is 8.26. The number of thioether (sulfide) groups is 1. The van der Waals surface area contributed by atoms with Crippen LogP contribution in [0.2, 0.25) is 0 Å². The molecule has 1 saturated heterocycles. The number of benzene rings is 1. The number of unbranched alkanes of at least 4 members (excludes halogenated alkanes) is 9. The maximum Gasteiger partial charge on any atom is 0.267 e. The average molecular weight is 603 g/mol. The highest BCUT2D eigenvalue weighted by Crippen LogP contribution is 2.34. The second-order valence-corrected chi connectivity index (χ2v) is 13.2. The Hall–Kier alpha value is -2.97. The predicted octanol–water partition coefficient (Wildman–Crippen LogP) is 7.69. The molecule has 0 spiro atoms. The molecule has 0 unspecified atom stereocenters. The first-order chi connectivity index (χ1) is 20.5. The van der Waals surface area contributed by atoms with Crippen LogP contribution in [0, 0.1) is 6.92 Å². The second kappa shape index (κ2) is 14.5. The van der Waals surface area contributed by atoms with Crippen LogP contribution in [0.15, 0.2) is 52.3 Å². The minimum Gasteiger partial charge on any atom is -0.351 e. The zero-order valence-corrected chi connectivity index (χ0v) is 26.6. The Balaban J connectivity index is 1.31. The van der Waals surface area contributed by atoms with Gasteiger partial charge in [0.05, 0.1) is 10.5 Å². The summed E-state index contributed by atoms with van der Waals surface area (Å²) in [5.41, 5.74) is 4.42. The summed E-state index contributed by atoms with van der Waals surface area (Å²) in [7, 11) is 0. The van der Waals surface area contributed by atoms with Gasteiger partial charge < -0.3 is 4.90 Å². The Morgan fingerprint density at radius 3 is 2.36 bits per heavy atom. The van der Waals surface area contributed by atoms with Crippen LogP contribution >= 0.6 is 24.0 Å². The number of hydrogen-bond donors (Lipinski definition) is 0. The van der Waals surface area contributed by atoms with Crippen LogP contribution in [-0.4, -0.2) is 37.6 Å². The standard InChI is InChI=1S/C34H42N4O2S2/c1-3-4-5-6-7-8-9-10-11-14-20-38-33(40)29(42-34(38)41)23-28-31(35-30-25(2)16-15-21-37(30)32(28)39)36-22-19-26-17-12-13-18-27(26)24-36/h12-13,15-18,21,23H,3-11,14,19-20,22,24H2,1-2H3/b29-23+. The molecule has 4 heterocycles. The van der Waals surface area contributed by atoms with Crippen molar-refractivity contribution in [2.75, 3.05) is 18.0 Å². The molecule has 42 heavy (non-hydrogen) atoms. The van der Waals surface area contributed by atoms with Crippen molar-refractivity contribution in [3.05, 3.63) is 80.1 Å². The van der Waals surface area contributed by atoms with Crippen molar-refractivity contribution in [3.8, 4) is 0 Å². The van der Waals surface area contributed by atoms with Crippen molar-refractivity contribution in [2.24, 2.45) is 0 Å². The minimum atomic E-state index is -0.169. The number of aryl methyl sites for hydroxylation is 1. The van der Waals surface area contributed by atoms with E-state index in [1.54, 1.807) is 21.6 Å². The molecular weight excluding hydrogens is 561 g/mol. The van der Waals surface area contributed by atoms with E-state index < -0.39 is 0 Å². The number of thiocarbonyl (C=S) groups is 1. The Kier molecular flexibility index (Phi) is 10.5. The SMILES string of the molecule is CCCCCCCCCCCCN1C(=O)/C(=C\c2c(N3CCc4ccccc4C3)nc3c(C)cccn3c2=O)SC1=S. The molecule has 1 aromatic carbocycles. The van der Waals surface area contributed by atoms with Gasteiger partial charge in [-0.2, -0.15) is 0 Å². The van der Waals surface area contributed by atoms with Crippen LogP contribution in [0.5, 0.6) is 0 Å². The summed E-state index contributed by atoms with van der Waals surface area (Å²) in [5.74, 6) is 0.522. The minimum absolute atomic E-state index is 0.107. The van der Waals surface area contributed by atoms with Gasteiger partial charge in [-0.1, -0.05) is 119 Å². The number of carbonyl (C=O) groups is 1. The van der Waals surface area contributed by atoms with Gasteiger partial charge in [-0.15, -0.1) is 0 Å². The highest BCUT2D eigenvalue weighted by atomic mass is 32.2. The quantitative estimate of drug-likeness (QED) is 0.114. The number of hydrogen-bond acceptors (Lipinski definition) is 6. The highest BCUT2D eigenvalue weighted by Gasteiger charge is 2.33. The summed E-state index contributed by atoms with van der Waals surface area (Å²) in [5, 5.41) is 0. The maximum absolute atomic E-state index is 13.9. The monoisotopic (exact) mass is 602 g/mol. The van der Waals surface area contributed by atoms with Crippen LogP contribution in [0.25, 0.3) is 11.7 Å². The molecule has 1 fully saturated rings. The van der Waals surface area contributed by atoms with Gasteiger partial charge in [-0.05, 0) is 48.6 Å². The van der Waals surface area contributed by atoms with E-state index in [0.717, 1.165) is 31.4 Å². The fraction of sp³-hybridized carbons (Fsp3) is 0.471. The molecule has 6 nitrogen and oxygen atoms in total. The van der Waals surface area contributed by atoms with Gasteiger partial charge in [-0.25, -0.2) is 4.98 Å². The van der Waals surface area contributed by atoms with Gasteiger partial charge in [0.15, 0.2) is 0 Å². The van der Waals surface area contributed by atoms with Gasteiger partial charge in [0.1, 0.15) is 15.8 Å². The molecule has 0 radical (unpaired) electrons. The van der Waals surface area contributed by atoms with Crippen molar-refractivity contribution in [1.82, 2.24) is 14.3 Å². The third-order valence-electron chi connectivity index (χ3n) is 8.38. The lowest BCUT2D eigenvalue weighted by Crippen LogP contribution is -2.34. The molecule has 2 aliphatic heterocycles. The predicted molar refractivity (Wildman–Crippen MR) is 179 cm³/mol. The first kappa shape index (κ1) is 30.5. The van der Waals surface area contributed by atoms with Crippen molar-refractivity contribution in [3.63, 3.8) is 0 Å². The van der Waals surface area contributed by atoms with E-state index in [1.807, 2.05) is 19.1 Å². The Bertz CT molecular complexity index is 1530. The zero-order valence-electron chi connectivity index (χ0n) is 24.9. The average Bonchev–Trinajstić information content (AvgIpc) is 3.26. The molecule has 5 rings (SSSR count). The summed E-state index contributed by atoms with van der Waals surface area (Å²) in [6, 6.07) is 12.3. The normalized spacial score (nSPS) is 16.2. The van der Waals surface area contributed by atoms with Crippen LogP contribution in [0.4, 0.5) is 5.82 Å². The summed E-state index contributed by atoms with van der Waals surface area (Å²) >= 11 is 6.92. The van der Waals surface area contributed by atoms with E-state index in [0.29, 0.717) is 39.3 Å². The van der Waals surface area contributed by atoms with Gasteiger partial charge in [0.25, 0.3) is 11.5 Å². The van der Waals surface area contributed by atoms with Crippen LogP contribution in [0.1, 0.15) is 93.4 Å². The van der Waals surface area contributed by atoms with Gasteiger partial charge in [0, 0.05) is 25.8 Å². The second-order valence-electron chi connectivity index (χ2n) is 11.5. The molecule has 0 atom stereocenters. The number of pyridine rings is 1. The number of rotatable bonds is 13. The van der Waals surface area contributed by atoms with Crippen molar-refractivity contribution in [2.45, 2.75) is 91.0 Å². The van der Waals surface area contributed by atoms with Gasteiger partial charge in [0.2, 0.25) is 0 Å². The molecule has 2 aliphatic rings. The third-order valence-corrected chi connectivity index (χ3v) is 9.76. The molecule has 0 bridgehead atoms. The molecule has 0 saturated carbocycles. The number of fused-ring (bicyclic) bond motifs is 2. The van der Waals surface area contributed by atoms with E-state index in [-0.39, 0.29) is 11.5 Å². The molecule has 3 aromatic rings. The molecule has 0 aliphatic carbocycles. The summed E-state index contributed by atoms with van der Waals surface area (Å²) < 4.78 is 2.16. The summed E-state index contributed by atoms with van der Waals surface area (Å²) in [6.07, 6.45) is 16.8. The van der Waals surface area contributed by atoms with E-state index in [9.17, 15) is 9.59 Å². The topological polar surface area (TPSA) is 57.9 Å². The zero-order chi connectivity index (χ0) is 29.5. The van der Waals surface area contributed by atoms with Gasteiger partial charge in [-0.3, -0.25) is 18.9 Å². The number of amides is 1. The first-order valence-electron chi connectivity index (χ1n) is 15.6. The lowest BCUT2D eigenvalue weighted by molar-refractivity contribution is -0.122. The van der Waals surface area contributed by atoms with E-state index >= 15 is 0 Å². The summed E-state index contributed by atoms with van der Waals surface area (Å²) in [4.78, 5) is 36.8. The third kappa shape index (κ3) is 6.97. The number of nitrogens with zero attached hydrogens (tertiary/aromatic N) is 4. The largest absolute Gasteiger partial charge is 0.351 e. The van der Waals surface area contributed by atoms with Crippen LogP contribution < -0.4 is 10.5 Å². The number of aromatic nitrogens is 2. The molecule has 0 N–H and O–H groups in total. The van der Waals surface area contributed by atoms with E-state index in [4.69, 9.17) is 17.2 Å². The Morgan fingerprint density at radius 2 is 1.62 bits per heavy atom. The van der Waals surface area contributed by atoms with Crippen LogP contribution in [0.3, 0.4) is 0 Å². The molecular formula is C34H42N4O2S2. The molecule has 1 amide bonds. The van der Waals surface area contributed by atoms with E-state index in [1.165, 1.54) is 74.3 Å². The van der Waals surface area contributed by atoms with Crippen molar-refractivity contribution in [1.29, 1.82) is 0 Å². The van der Waals surface area contributed by atoms with Gasteiger partial charge >= 0.3 is 0 Å². The fourth-order valence-electron chi connectivity index (χ4n) is 5.93. The maximum atomic E-state index is 13.9. The van der Waals surface area contributed by atoms with Crippen molar-refractivity contribution < 1.29 is 4.79 Å². The van der Waals surface area contributed by atoms with Crippen LogP contribution in [-0.2, 0) is 17.8 Å². The Morgan fingerprint density at radius 1 is 0.929 bits per heavy atom. The molecule has 8 heteroatoms. The molecule has 222 valence electrons. The number of carbonyl (C=O) groups excluding carboxylic acids is 1. The smallest absolute Gasteiger partial charge is 0.267 e. The lowest BCUT2D eigenvalue weighted by Gasteiger charge is -2.31. The fourth-order valence-corrected chi connectivity index (χ4v) is 7.22.